The van der Waals surface area contributed by atoms with Gasteiger partial charge in [-0.2, -0.15) is 0 Å². The number of aromatic nitrogens is 1. The highest BCUT2D eigenvalue weighted by Gasteiger charge is 2.27. The van der Waals surface area contributed by atoms with E-state index in [0.29, 0.717) is 19.5 Å². The molecule has 1 atom stereocenters. The molecule has 0 bridgehead atoms. The lowest BCUT2D eigenvalue weighted by Crippen LogP contribution is -2.41. The summed E-state index contributed by atoms with van der Waals surface area (Å²) in [6, 6.07) is 27.5. The molecule has 1 aromatic heterocycles. The third-order valence-corrected chi connectivity index (χ3v) is 5.27. The maximum Gasteiger partial charge on any atom is 0.321 e. The van der Waals surface area contributed by atoms with Gasteiger partial charge in [0.2, 0.25) is 0 Å². The molecule has 4 aromatic rings. The fraction of sp³-hybridized carbons (Fsp3) is 0.160. The number of carboxylic acid groups (broad SMARTS) is 1. The highest BCUT2D eigenvalue weighted by atomic mass is 16.4. The van der Waals surface area contributed by atoms with Gasteiger partial charge in [0.25, 0.3) is 0 Å². The molecule has 1 heterocycles. The number of rotatable bonds is 8. The number of carbonyl (C=O) groups is 1. The van der Waals surface area contributed by atoms with Crippen LogP contribution < -0.4 is 0 Å². The standard InChI is InChI=1S/C25H24N2O2/c28-25(29)24(15-21-16-26-23-14-8-7-13-22(21)23)27(17-19-9-3-1-4-10-19)18-20-11-5-2-6-12-20/h1-14,16,24,26H,15,17-18H2,(H,28,29). The maximum atomic E-state index is 12.3. The Bertz CT molecular complexity index is 1030. The van der Waals surface area contributed by atoms with Crippen molar-refractivity contribution in [2.24, 2.45) is 0 Å². The van der Waals surface area contributed by atoms with Gasteiger partial charge in [-0.25, -0.2) is 0 Å². The number of nitrogens with zero attached hydrogens (tertiary/aromatic N) is 1. The molecule has 0 spiro atoms. The van der Waals surface area contributed by atoms with E-state index in [1.165, 1.54) is 0 Å². The van der Waals surface area contributed by atoms with Crippen molar-refractivity contribution in [3.05, 3.63) is 108 Å². The first-order chi connectivity index (χ1) is 14.2. The number of para-hydroxylation sites is 1. The van der Waals surface area contributed by atoms with Gasteiger partial charge in [0.15, 0.2) is 0 Å². The van der Waals surface area contributed by atoms with Gasteiger partial charge in [0.1, 0.15) is 6.04 Å². The van der Waals surface area contributed by atoms with Gasteiger partial charge in [-0.3, -0.25) is 9.69 Å². The molecule has 0 radical (unpaired) electrons. The Hall–Kier alpha value is -3.37. The van der Waals surface area contributed by atoms with Crippen LogP contribution in [0.25, 0.3) is 10.9 Å². The largest absolute Gasteiger partial charge is 0.480 e. The van der Waals surface area contributed by atoms with Crippen LogP contribution in [0.3, 0.4) is 0 Å². The van der Waals surface area contributed by atoms with Crippen molar-refractivity contribution in [2.45, 2.75) is 25.6 Å². The van der Waals surface area contributed by atoms with Crippen LogP contribution in [-0.4, -0.2) is 27.0 Å². The highest BCUT2D eigenvalue weighted by molar-refractivity contribution is 5.84. The van der Waals surface area contributed by atoms with E-state index in [0.717, 1.165) is 27.6 Å². The van der Waals surface area contributed by atoms with Crippen molar-refractivity contribution in [3.63, 3.8) is 0 Å². The second-order valence-corrected chi connectivity index (χ2v) is 7.29. The maximum absolute atomic E-state index is 12.3. The molecule has 4 rings (SSSR count). The molecule has 3 aromatic carbocycles. The van der Waals surface area contributed by atoms with Crippen LogP contribution in [0.1, 0.15) is 16.7 Å². The Morgan fingerprint density at radius 2 is 1.38 bits per heavy atom. The summed E-state index contributed by atoms with van der Waals surface area (Å²) in [5, 5.41) is 11.2. The van der Waals surface area contributed by atoms with E-state index in [-0.39, 0.29) is 0 Å². The summed E-state index contributed by atoms with van der Waals surface area (Å²) in [4.78, 5) is 17.6. The zero-order valence-corrected chi connectivity index (χ0v) is 16.2. The minimum absolute atomic E-state index is 0.443. The second kappa shape index (κ2) is 8.76. The van der Waals surface area contributed by atoms with E-state index < -0.39 is 12.0 Å². The van der Waals surface area contributed by atoms with Gasteiger partial charge in [-0.05, 0) is 22.8 Å². The van der Waals surface area contributed by atoms with Gasteiger partial charge in [-0.15, -0.1) is 0 Å². The third-order valence-electron chi connectivity index (χ3n) is 5.27. The molecule has 4 heteroatoms. The van der Waals surface area contributed by atoms with Gasteiger partial charge >= 0.3 is 5.97 Å². The molecule has 146 valence electrons. The quantitative estimate of drug-likeness (QED) is 0.456. The van der Waals surface area contributed by atoms with Crippen LogP contribution in [-0.2, 0) is 24.3 Å². The summed E-state index contributed by atoms with van der Waals surface area (Å²) in [5.41, 5.74) is 4.27. The van der Waals surface area contributed by atoms with E-state index >= 15 is 0 Å². The summed E-state index contributed by atoms with van der Waals surface area (Å²) in [5.74, 6) is -0.804. The zero-order chi connectivity index (χ0) is 20.1. The SMILES string of the molecule is O=C(O)C(Cc1c[nH]c2ccccc12)N(Cc1ccccc1)Cc1ccccc1. The fourth-order valence-corrected chi connectivity index (χ4v) is 3.79. The summed E-state index contributed by atoms with van der Waals surface area (Å²) in [7, 11) is 0. The van der Waals surface area contributed by atoms with Crippen LogP contribution in [0.15, 0.2) is 91.1 Å². The molecule has 1 unspecified atom stereocenters. The Morgan fingerprint density at radius 1 is 0.828 bits per heavy atom. The van der Waals surface area contributed by atoms with E-state index in [1.807, 2.05) is 91.1 Å². The van der Waals surface area contributed by atoms with Crippen molar-refractivity contribution in [1.29, 1.82) is 0 Å². The van der Waals surface area contributed by atoms with E-state index in [2.05, 4.69) is 9.88 Å². The van der Waals surface area contributed by atoms with E-state index in [9.17, 15) is 9.90 Å². The molecule has 0 aliphatic rings. The summed E-state index contributed by atoms with van der Waals surface area (Å²) < 4.78 is 0. The number of benzene rings is 3. The molecular weight excluding hydrogens is 360 g/mol. The third kappa shape index (κ3) is 4.55. The lowest BCUT2D eigenvalue weighted by atomic mass is 10.0. The van der Waals surface area contributed by atoms with Gasteiger partial charge < -0.3 is 10.1 Å². The Balaban J connectivity index is 1.65. The van der Waals surface area contributed by atoms with Gasteiger partial charge in [0, 0.05) is 36.6 Å². The summed E-state index contributed by atoms with van der Waals surface area (Å²) in [6.07, 6.45) is 2.38. The van der Waals surface area contributed by atoms with E-state index in [1.54, 1.807) is 0 Å². The second-order valence-electron chi connectivity index (χ2n) is 7.29. The normalized spacial score (nSPS) is 12.3. The van der Waals surface area contributed by atoms with Crippen LogP contribution >= 0.6 is 0 Å². The first kappa shape index (κ1) is 19.0. The van der Waals surface area contributed by atoms with Crippen LogP contribution in [0.2, 0.25) is 0 Å². The Labute approximate surface area is 170 Å². The Kier molecular flexibility index (Phi) is 5.73. The molecule has 0 aliphatic carbocycles. The smallest absolute Gasteiger partial charge is 0.321 e. The topological polar surface area (TPSA) is 56.3 Å². The van der Waals surface area contributed by atoms with Crippen molar-refractivity contribution in [3.8, 4) is 0 Å². The van der Waals surface area contributed by atoms with Crippen LogP contribution in [0.5, 0.6) is 0 Å². The van der Waals surface area contributed by atoms with Crippen molar-refractivity contribution < 1.29 is 9.90 Å². The molecule has 0 fully saturated rings. The number of aromatic amines is 1. The number of H-pyrrole nitrogens is 1. The monoisotopic (exact) mass is 384 g/mol. The van der Waals surface area contributed by atoms with Crippen molar-refractivity contribution >= 4 is 16.9 Å². The van der Waals surface area contributed by atoms with Crippen LogP contribution in [0, 0.1) is 0 Å². The molecule has 0 saturated heterocycles. The molecule has 4 nitrogen and oxygen atoms in total. The molecular formula is C25H24N2O2. The fourth-order valence-electron chi connectivity index (χ4n) is 3.79. The Morgan fingerprint density at radius 3 is 1.97 bits per heavy atom. The number of aliphatic carboxylic acids is 1. The zero-order valence-electron chi connectivity index (χ0n) is 16.2. The first-order valence-corrected chi connectivity index (χ1v) is 9.80. The predicted octanol–water partition coefficient (Wildman–Crippen LogP) is 4.87. The minimum Gasteiger partial charge on any atom is -0.480 e. The number of hydrogen-bond donors (Lipinski definition) is 2. The van der Waals surface area contributed by atoms with Crippen molar-refractivity contribution in [1.82, 2.24) is 9.88 Å². The molecule has 0 saturated carbocycles. The molecule has 0 amide bonds. The molecule has 29 heavy (non-hydrogen) atoms. The van der Waals surface area contributed by atoms with Crippen LogP contribution in [0.4, 0.5) is 0 Å². The minimum atomic E-state index is -0.804. The highest BCUT2D eigenvalue weighted by Crippen LogP contribution is 2.23. The molecule has 2 N–H and O–H groups in total. The lowest BCUT2D eigenvalue weighted by molar-refractivity contribution is -0.143. The summed E-state index contributed by atoms with van der Waals surface area (Å²) >= 11 is 0. The first-order valence-electron chi connectivity index (χ1n) is 9.80. The van der Waals surface area contributed by atoms with Gasteiger partial charge in [-0.1, -0.05) is 78.9 Å². The predicted molar refractivity (Wildman–Crippen MR) is 116 cm³/mol. The summed E-state index contributed by atoms with van der Waals surface area (Å²) in [6.45, 7) is 1.16. The van der Waals surface area contributed by atoms with Gasteiger partial charge in [0.05, 0.1) is 0 Å². The average Bonchev–Trinajstić information content (AvgIpc) is 3.16. The van der Waals surface area contributed by atoms with Crippen molar-refractivity contribution in [2.75, 3.05) is 0 Å². The average molecular weight is 384 g/mol. The van der Waals surface area contributed by atoms with E-state index in [4.69, 9.17) is 0 Å². The number of hydrogen-bond acceptors (Lipinski definition) is 2. The number of nitrogens with one attached hydrogen (secondary N) is 1. The lowest BCUT2D eigenvalue weighted by Gasteiger charge is -2.29. The number of fused-ring (bicyclic) bond motifs is 1. The number of carboxylic acids is 1. The molecule has 0 aliphatic heterocycles.